The third-order valence-electron chi connectivity index (χ3n) is 3.76. The number of hydrogen-bond donors (Lipinski definition) is 3. The van der Waals surface area contributed by atoms with Crippen LogP contribution in [0.5, 0.6) is 0 Å². The van der Waals surface area contributed by atoms with Gasteiger partial charge in [-0.2, -0.15) is 0 Å². The predicted molar refractivity (Wildman–Crippen MR) is 83.9 cm³/mol. The number of amides is 3. The maximum Gasteiger partial charge on any atom is 0.326 e. The number of carbonyl (C=O) groups excluding carboxylic acids is 2. The van der Waals surface area contributed by atoms with Crippen molar-refractivity contribution in [1.82, 2.24) is 15.5 Å². The first-order chi connectivity index (χ1) is 11.0. The van der Waals surface area contributed by atoms with E-state index >= 15 is 0 Å². The van der Waals surface area contributed by atoms with E-state index in [0.29, 0.717) is 19.5 Å². The number of carbonyl (C=O) groups is 3. The number of carboxylic acid groups (broad SMARTS) is 1. The van der Waals surface area contributed by atoms with Crippen LogP contribution in [0.15, 0.2) is 30.3 Å². The van der Waals surface area contributed by atoms with E-state index in [1.165, 1.54) is 11.8 Å². The molecule has 23 heavy (non-hydrogen) atoms. The highest BCUT2D eigenvalue weighted by Gasteiger charge is 2.29. The highest BCUT2D eigenvalue weighted by molar-refractivity contribution is 5.83. The smallest absolute Gasteiger partial charge is 0.326 e. The molecular weight excluding hydrogens is 298 g/mol. The van der Waals surface area contributed by atoms with Gasteiger partial charge in [0.15, 0.2) is 0 Å². The van der Waals surface area contributed by atoms with Crippen molar-refractivity contribution in [3.8, 4) is 0 Å². The van der Waals surface area contributed by atoms with E-state index in [2.05, 4.69) is 10.6 Å². The molecule has 7 nitrogen and oxygen atoms in total. The molecule has 1 fully saturated rings. The summed E-state index contributed by atoms with van der Waals surface area (Å²) in [7, 11) is 0. The summed E-state index contributed by atoms with van der Waals surface area (Å²) in [5.74, 6) is -1.20. The molecular formula is C16H21N3O4. The van der Waals surface area contributed by atoms with Crippen LogP contribution in [-0.2, 0) is 16.0 Å². The average molecular weight is 319 g/mol. The maximum absolute atomic E-state index is 12.2. The molecule has 0 unspecified atom stereocenters. The maximum atomic E-state index is 12.2. The second kappa shape index (κ2) is 7.62. The quantitative estimate of drug-likeness (QED) is 0.740. The van der Waals surface area contributed by atoms with Gasteiger partial charge in [-0.3, -0.25) is 4.79 Å². The molecule has 1 saturated heterocycles. The summed E-state index contributed by atoms with van der Waals surface area (Å²) in [5.41, 5.74) is 0.845. The van der Waals surface area contributed by atoms with E-state index in [9.17, 15) is 19.5 Å². The Morgan fingerprint density at radius 3 is 2.61 bits per heavy atom. The van der Waals surface area contributed by atoms with Crippen LogP contribution in [0, 0.1) is 0 Å². The lowest BCUT2D eigenvalue weighted by Crippen LogP contribution is -2.49. The van der Waals surface area contributed by atoms with Gasteiger partial charge >= 0.3 is 12.0 Å². The fourth-order valence-corrected chi connectivity index (χ4v) is 2.64. The SMILES string of the molecule is CC(=O)N[C@H]1CCN(C(=O)N[C@@H](Cc2ccccc2)C(=O)O)C1. The molecule has 1 aromatic rings. The minimum Gasteiger partial charge on any atom is -0.480 e. The molecule has 2 rings (SSSR count). The van der Waals surface area contributed by atoms with Gasteiger partial charge in [0.05, 0.1) is 0 Å². The second-order valence-electron chi connectivity index (χ2n) is 5.66. The summed E-state index contributed by atoms with van der Waals surface area (Å²) in [5, 5.41) is 14.6. The van der Waals surface area contributed by atoms with Gasteiger partial charge in [0.2, 0.25) is 5.91 Å². The van der Waals surface area contributed by atoms with E-state index in [0.717, 1.165) is 5.56 Å². The van der Waals surface area contributed by atoms with Crippen molar-refractivity contribution in [2.75, 3.05) is 13.1 Å². The van der Waals surface area contributed by atoms with Crippen molar-refractivity contribution in [2.24, 2.45) is 0 Å². The zero-order valence-corrected chi connectivity index (χ0v) is 13.0. The fourth-order valence-electron chi connectivity index (χ4n) is 2.64. The van der Waals surface area contributed by atoms with Crippen molar-refractivity contribution in [1.29, 1.82) is 0 Å². The summed E-state index contributed by atoms with van der Waals surface area (Å²) < 4.78 is 0. The lowest BCUT2D eigenvalue weighted by molar-refractivity contribution is -0.139. The van der Waals surface area contributed by atoms with E-state index in [1.807, 2.05) is 30.3 Å². The number of likely N-dealkylation sites (tertiary alicyclic amines) is 1. The number of nitrogens with zero attached hydrogens (tertiary/aromatic N) is 1. The topological polar surface area (TPSA) is 98.7 Å². The third kappa shape index (κ3) is 4.98. The monoisotopic (exact) mass is 319 g/mol. The Morgan fingerprint density at radius 1 is 1.30 bits per heavy atom. The molecule has 2 atom stereocenters. The molecule has 0 spiro atoms. The largest absolute Gasteiger partial charge is 0.480 e. The average Bonchev–Trinajstić information content (AvgIpc) is 2.95. The zero-order chi connectivity index (χ0) is 16.8. The van der Waals surface area contributed by atoms with Gasteiger partial charge in [-0.1, -0.05) is 30.3 Å². The van der Waals surface area contributed by atoms with Gasteiger partial charge in [-0.15, -0.1) is 0 Å². The Kier molecular flexibility index (Phi) is 5.56. The molecule has 3 amide bonds. The Balaban J connectivity index is 1.91. The molecule has 3 N–H and O–H groups in total. The van der Waals surface area contributed by atoms with Crippen LogP contribution in [0.1, 0.15) is 18.9 Å². The molecule has 1 aromatic carbocycles. The van der Waals surface area contributed by atoms with E-state index in [4.69, 9.17) is 0 Å². The van der Waals surface area contributed by atoms with Gasteiger partial charge < -0.3 is 20.6 Å². The van der Waals surface area contributed by atoms with E-state index < -0.39 is 18.0 Å². The lowest BCUT2D eigenvalue weighted by Gasteiger charge is -2.21. The summed E-state index contributed by atoms with van der Waals surface area (Å²) in [6, 6.07) is 7.68. The molecule has 1 heterocycles. The highest BCUT2D eigenvalue weighted by Crippen LogP contribution is 2.10. The molecule has 0 bridgehead atoms. The Bertz CT molecular complexity index is 576. The Labute approximate surface area is 134 Å². The van der Waals surface area contributed by atoms with Crippen molar-refractivity contribution in [3.05, 3.63) is 35.9 Å². The van der Waals surface area contributed by atoms with Gasteiger partial charge in [0.25, 0.3) is 0 Å². The molecule has 1 aliphatic heterocycles. The third-order valence-corrected chi connectivity index (χ3v) is 3.76. The minimum atomic E-state index is -1.07. The Morgan fingerprint density at radius 2 is 2.00 bits per heavy atom. The molecule has 7 heteroatoms. The van der Waals surface area contributed by atoms with Crippen LogP contribution in [0.25, 0.3) is 0 Å². The van der Waals surface area contributed by atoms with Crippen LogP contribution in [-0.4, -0.2) is 53.1 Å². The molecule has 124 valence electrons. The summed E-state index contributed by atoms with van der Waals surface area (Å²) in [4.78, 5) is 36.2. The minimum absolute atomic E-state index is 0.0735. The van der Waals surface area contributed by atoms with Crippen LogP contribution in [0.2, 0.25) is 0 Å². The first-order valence-electron chi connectivity index (χ1n) is 7.55. The van der Waals surface area contributed by atoms with Gasteiger partial charge in [-0.05, 0) is 12.0 Å². The highest BCUT2D eigenvalue weighted by atomic mass is 16.4. The van der Waals surface area contributed by atoms with Crippen molar-refractivity contribution in [3.63, 3.8) is 0 Å². The fraction of sp³-hybridized carbons (Fsp3) is 0.438. The summed E-state index contributed by atoms with van der Waals surface area (Å²) in [6.45, 7) is 2.32. The second-order valence-corrected chi connectivity index (χ2v) is 5.66. The van der Waals surface area contributed by atoms with Crippen LogP contribution in [0.3, 0.4) is 0 Å². The standard InChI is InChI=1S/C16H21N3O4/c1-11(20)17-13-7-8-19(10-13)16(23)18-14(15(21)22)9-12-5-3-2-4-6-12/h2-6,13-14H,7-10H2,1H3,(H,17,20)(H,18,23)(H,21,22)/t13-,14-/m0/s1. The van der Waals surface area contributed by atoms with Crippen LogP contribution >= 0.6 is 0 Å². The molecule has 0 saturated carbocycles. The molecule has 0 aromatic heterocycles. The van der Waals surface area contributed by atoms with Gasteiger partial charge in [-0.25, -0.2) is 9.59 Å². The molecule has 0 aliphatic carbocycles. The first-order valence-corrected chi connectivity index (χ1v) is 7.55. The lowest BCUT2D eigenvalue weighted by atomic mass is 10.1. The van der Waals surface area contributed by atoms with Crippen LogP contribution < -0.4 is 10.6 Å². The van der Waals surface area contributed by atoms with Gasteiger partial charge in [0, 0.05) is 32.5 Å². The van der Waals surface area contributed by atoms with Crippen LogP contribution in [0.4, 0.5) is 4.79 Å². The van der Waals surface area contributed by atoms with Crippen molar-refractivity contribution in [2.45, 2.75) is 31.8 Å². The number of carboxylic acids is 1. The van der Waals surface area contributed by atoms with E-state index in [-0.39, 0.29) is 18.4 Å². The zero-order valence-electron chi connectivity index (χ0n) is 13.0. The number of hydrogen-bond acceptors (Lipinski definition) is 3. The predicted octanol–water partition coefficient (Wildman–Crippen LogP) is 0.602. The number of nitrogens with one attached hydrogen (secondary N) is 2. The number of rotatable bonds is 5. The Hall–Kier alpha value is -2.57. The number of urea groups is 1. The number of benzene rings is 1. The van der Waals surface area contributed by atoms with Gasteiger partial charge in [0.1, 0.15) is 6.04 Å². The van der Waals surface area contributed by atoms with Crippen molar-refractivity contribution >= 4 is 17.9 Å². The molecule has 0 radical (unpaired) electrons. The van der Waals surface area contributed by atoms with Crippen molar-refractivity contribution < 1.29 is 19.5 Å². The molecule has 1 aliphatic rings. The first kappa shape index (κ1) is 16.8. The normalized spacial score (nSPS) is 18.3. The van der Waals surface area contributed by atoms with E-state index in [1.54, 1.807) is 0 Å². The number of aliphatic carboxylic acids is 1. The summed E-state index contributed by atoms with van der Waals surface area (Å²) >= 11 is 0. The summed E-state index contributed by atoms with van der Waals surface area (Å²) in [6.07, 6.45) is 0.897.